The fourth-order valence-electron chi connectivity index (χ4n) is 3.52. The van der Waals surface area contributed by atoms with Crippen LogP contribution in [0, 0.1) is 11.3 Å². The van der Waals surface area contributed by atoms with Gasteiger partial charge in [0.1, 0.15) is 0 Å². The van der Waals surface area contributed by atoms with E-state index in [-0.39, 0.29) is 32.2 Å². The third kappa shape index (κ3) is 3.46. The number of halogens is 1. The van der Waals surface area contributed by atoms with Crippen LogP contribution in [0.25, 0.3) is 10.9 Å². The molecule has 1 saturated heterocycles. The summed E-state index contributed by atoms with van der Waals surface area (Å²) in [6, 6.07) is 12.4. The van der Waals surface area contributed by atoms with E-state index >= 15 is 0 Å². The topological polar surface area (TPSA) is 91.1 Å². The Kier molecular flexibility index (Phi) is 4.99. The van der Waals surface area contributed by atoms with E-state index < -0.39 is 9.84 Å². The quantitative estimate of drug-likeness (QED) is 0.636. The first kappa shape index (κ1) is 19.4. The lowest BCUT2D eigenvalue weighted by molar-refractivity contribution is 0.0789. The molecule has 0 N–H and O–H groups in total. The third-order valence-electron chi connectivity index (χ3n) is 4.95. The predicted molar refractivity (Wildman–Crippen MR) is 108 cm³/mol. The van der Waals surface area contributed by atoms with Gasteiger partial charge in [-0.1, -0.05) is 17.7 Å². The largest absolute Gasteiger partial charge is 0.339 e. The molecule has 4 rings (SSSR count). The molecule has 0 saturated carbocycles. The molecule has 0 unspecified atom stereocenters. The van der Waals surface area contributed by atoms with E-state index in [1.165, 1.54) is 36.5 Å². The van der Waals surface area contributed by atoms with Crippen LogP contribution in [0.3, 0.4) is 0 Å². The Morgan fingerprint density at radius 1 is 1.14 bits per heavy atom. The first-order valence-electron chi connectivity index (χ1n) is 9.04. The summed E-state index contributed by atoms with van der Waals surface area (Å²) in [5.74, 6) is -0.369. The molecule has 146 valence electrons. The van der Waals surface area contributed by atoms with Gasteiger partial charge in [0.15, 0.2) is 0 Å². The van der Waals surface area contributed by atoms with Crippen LogP contribution in [0.4, 0.5) is 0 Å². The molecule has 2 heterocycles. The van der Waals surface area contributed by atoms with Gasteiger partial charge in [-0.25, -0.2) is 8.42 Å². The number of aromatic nitrogens is 1. The fraction of sp³-hybridized carbons (Fsp3) is 0.190. The Labute approximate surface area is 173 Å². The molecule has 0 aliphatic carbocycles. The summed E-state index contributed by atoms with van der Waals surface area (Å²) in [5.41, 5.74) is 0.654. The number of benzene rings is 2. The van der Waals surface area contributed by atoms with Gasteiger partial charge in [-0.2, -0.15) is 5.26 Å². The van der Waals surface area contributed by atoms with Gasteiger partial charge in [0.25, 0.3) is 5.91 Å². The van der Waals surface area contributed by atoms with Crippen LogP contribution in [0.2, 0.25) is 5.02 Å². The molecule has 0 atom stereocenters. The number of carbonyl (C=O) groups is 1. The van der Waals surface area contributed by atoms with Crippen molar-refractivity contribution in [2.45, 2.75) is 22.6 Å². The monoisotopic (exact) mass is 425 g/mol. The van der Waals surface area contributed by atoms with E-state index in [2.05, 4.69) is 4.98 Å². The Balaban J connectivity index is 2.02. The van der Waals surface area contributed by atoms with Gasteiger partial charge < -0.3 is 4.90 Å². The van der Waals surface area contributed by atoms with Crippen molar-refractivity contribution in [1.82, 2.24) is 9.88 Å². The summed E-state index contributed by atoms with van der Waals surface area (Å²) in [5, 5.41) is 9.78. The highest BCUT2D eigenvalue weighted by Crippen LogP contribution is 2.33. The van der Waals surface area contributed by atoms with Crippen LogP contribution in [-0.4, -0.2) is 37.3 Å². The molecule has 0 radical (unpaired) electrons. The number of carbonyl (C=O) groups excluding carboxylic acids is 1. The van der Waals surface area contributed by atoms with Crippen molar-refractivity contribution in [2.24, 2.45) is 0 Å². The predicted octanol–water partition coefficient (Wildman–Crippen LogP) is 3.83. The van der Waals surface area contributed by atoms with Crippen LogP contribution >= 0.6 is 11.6 Å². The van der Waals surface area contributed by atoms with E-state index in [0.29, 0.717) is 23.6 Å². The zero-order chi connectivity index (χ0) is 20.6. The van der Waals surface area contributed by atoms with Gasteiger partial charge in [-0.3, -0.25) is 9.78 Å². The van der Waals surface area contributed by atoms with Crippen LogP contribution in [-0.2, 0) is 9.84 Å². The van der Waals surface area contributed by atoms with Gasteiger partial charge in [0, 0.05) is 29.7 Å². The summed E-state index contributed by atoms with van der Waals surface area (Å²) in [7, 11) is -4.12. The highest BCUT2D eigenvalue weighted by molar-refractivity contribution is 7.91. The van der Waals surface area contributed by atoms with Crippen LogP contribution in [0.15, 0.2) is 58.5 Å². The number of fused-ring (bicyclic) bond motifs is 1. The second kappa shape index (κ2) is 7.47. The molecule has 3 aromatic rings. The number of amides is 1. The lowest BCUT2D eigenvalue weighted by Crippen LogP contribution is -2.29. The maximum absolute atomic E-state index is 13.6. The Morgan fingerprint density at radius 2 is 1.90 bits per heavy atom. The SMILES string of the molecule is N#Cc1cccc(S(=O)(=O)c2c(C(=O)N3CCCC3)cnc3ccc(Cl)cc23)c1. The molecule has 1 aromatic heterocycles. The zero-order valence-electron chi connectivity index (χ0n) is 15.3. The molecule has 0 spiro atoms. The van der Waals surface area contributed by atoms with E-state index in [1.54, 1.807) is 17.0 Å². The third-order valence-corrected chi connectivity index (χ3v) is 7.03. The lowest BCUT2D eigenvalue weighted by Gasteiger charge is -2.19. The van der Waals surface area contributed by atoms with Gasteiger partial charge in [-0.15, -0.1) is 0 Å². The second-order valence-corrected chi connectivity index (χ2v) is 9.13. The minimum atomic E-state index is -4.12. The molecule has 1 fully saturated rings. The lowest BCUT2D eigenvalue weighted by atomic mass is 10.1. The first-order valence-corrected chi connectivity index (χ1v) is 10.9. The number of likely N-dealkylation sites (tertiary alicyclic amines) is 1. The molecule has 1 aliphatic rings. The summed E-state index contributed by atoms with van der Waals surface area (Å²) < 4.78 is 27.2. The van der Waals surface area contributed by atoms with Crippen LogP contribution in [0.1, 0.15) is 28.8 Å². The van der Waals surface area contributed by atoms with E-state index in [1.807, 2.05) is 6.07 Å². The molecule has 29 heavy (non-hydrogen) atoms. The zero-order valence-corrected chi connectivity index (χ0v) is 16.9. The Bertz CT molecular complexity index is 1280. The number of nitrogens with zero attached hydrogens (tertiary/aromatic N) is 3. The Morgan fingerprint density at radius 3 is 2.62 bits per heavy atom. The normalized spacial score (nSPS) is 14.1. The fourth-order valence-corrected chi connectivity index (χ4v) is 5.35. The van der Waals surface area contributed by atoms with Crippen molar-refractivity contribution in [2.75, 3.05) is 13.1 Å². The summed E-state index contributed by atoms with van der Waals surface area (Å²) in [6.07, 6.45) is 3.08. The maximum atomic E-state index is 13.6. The van der Waals surface area contributed by atoms with Gasteiger partial charge >= 0.3 is 0 Å². The summed E-state index contributed by atoms with van der Waals surface area (Å²) in [6.45, 7) is 1.16. The molecular weight excluding hydrogens is 410 g/mol. The number of rotatable bonds is 3. The summed E-state index contributed by atoms with van der Waals surface area (Å²) >= 11 is 6.13. The van der Waals surface area contributed by atoms with Crippen molar-refractivity contribution in [1.29, 1.82) is 5.26 Å². The van der Waals surface area contributed by atoms with Gasteiger partial charge in [0.2, 0.25) is 9.84 Å². The Hall–Kier alpha value is -2.95. The number of pyridine rings is 1. The second-order valence-electron chi connectivity index (χ2n) is 6.80. The number of hydrogen-bond donors (Lipinski definition) is 0. The number of nitriles is 1. The van der Waals surface area contributed by atoms with Crippen LogP contribution in [0.5, 0.6) is 0 Å². The van der Waals surface area contributed by atoms with Crippen molar-refractivity contribution >= 4 is 38.2 Å². The molecule has 8 heteroatoms. The molecule has 1 aliphatic heterocycles. The first-order chi connectivity index (χ1) is 13.9. The maximum Gasteiger partial charge on any atom is 0.256 e. The molecule has 6 nitrogen and oxygen atoms in total. The average molecular weight is 426 g/mol. The minimum Gasteiger partial charge on any atom is -0.339 e. The average Bonchev–Trinajstić information content (AvgIpc) is 3.27. The van der Waals surface area contributed by atoms with Gasteiger partial charge in [-0.05, 0) is 49.2 Å². The molecular formula is C21H16ClN3O3S. The standard InChI is InChI=1S/C21H16ClN3O3S/c22-15-6-7-19-17(11-15)20(18(13-24-19)21(26)25-8-1-2-9-25)29(27,28)16-5-3-4-14(10-16)12-23/h3-7,10-11,13H,1-2,8-9H2. The van der Waals surface area contributed by atoms with E-state index in [4.69, 9.17) is 16.9 Å². The molecule has 1 amide bonds. The van der Waals surface area contributed by atoms with Crippen molar-refractivity contribution in [3.05, 3.63) is 64.8 Å². The van der Waals surface area contributed by atoms with Gasteiger partial charge in [0.05, 0.1) is 32.5 Å². The van der Waals surface area contributed by atoms with Crippen molar-refractivity contribution in [3.8, 4) is 6.07 Å². The molecule has 2 aromatic carbocycles. The number of sulfone groups is 1. The summed E-state index contributed by atoms with van der Waals surface area (Å²) in [4.78, 5) is 18.9. The molecule has 0 bridgehead atoms. The van der Waals surface area contributed by atoms with E-state index in [9.17, 15) is 13.2 Å². The van der Waals surface area contributed by atoms with Crippen molar-refractivity contribution in [3.63, 3.8) is 0 Å². The minimum absolute atomic E-state index is 0.0176. The smallest absolute Gasteiger partial charge is 0.256 e. The van der Waals surface area contributed by atoms with Crippen LogP contribution < -0.4 is 0 Å². The van der Waals surface area contributed by atoms with E-state index in [0.717, 1.165) is 12.8 Å². The number of hydrogen-bond acceptors (Lipinski definition) is 5. The highest BCUT2D eigenvalue weighted by atomic mass is 35.5. The highest BCUT2D eigenvalue weighted by Gasteiger charge is 2.31. The van der Waals surface area contributed by atoms with Crippen molar-refractivity contribution < 1.29 is 13.2 Å².